The van der Waals surface area contributed by atoms with E-state index in [1.807, 2.05) is 43.3 Å². The van der Waals surface area contributed by atoms with E-state index < -0.39 is 17.7 Å². The average molecular weight is 517 g/mol. The van der Waals surface area contributed by atoms with Crippen molar-refractivity contribution >= 4 is 17.0 Å². The van der Waals surface area contributed by atoms with E-state index in [1.54, 1.807) is 16.8 Å². The third-order valence-corrected chi connectivity index (χ3v) is 7.46. The van der Waals surface area contributed by atoms with Crippen LogP contribution in [0.3, 0.4) is 0 Å². The first-order chi connectivity index (χ1) is 18.4. The van der Waals surface area contributed by atoms with Gasteiger partial charge in [-0.25, -0.2) is 9.07 Å². The molecule has 0 aliphatic carbocycles. The zero-order valence-electron chi connectivity index (χ0n) is 22.0. The largest absolute Gasteiger partial charge is 0.489 e. The lowest BCUT2D eigenvalue weighted by molar-refractivity contribution is -0.137. The van der Waals surface area contributed by atoms with Crippen molar-refractivity contribution in [2.75, 3.05) is 6.54 Å². The molecule has 0 amide bonds. The van der Waals surface area contributed by atoms with Gasteiger partial charge >= 0.3 is 5.97 Å². The van der Waals surface area contributed by atoms with Crippen molar-refractivity contribution in [3.8, 4) is 5.75 Å². The minimum Gasteiger partial charge on any atom is -0.489 e. The Labute approximate surface area is 221 Å². The second kappa shape index (κ2) is 10.9. The molecule has 2 atom stereocenters. The fourth-order valence-electron chi connectivity index (χ4n) is 5.32. The molecule has 1 aliphatic heterocycles. The molecule has 0 bridgehead atoms. The number of halogens is 1. The van der Waals surface area contributed by atoms with Gasteiger partial charge in [0.05, 0.1) is 11.9 Å². The number of aromatic nitrogens is 3. The Kier molecular flexibility index (Phi) is 7.42. The van der Waals surface area contributed by atoms with Gasteiger partial charge in [-0.1, -0.05) is 54.6 Å². The van der Waals surface area contributed by atoms with Gasteiger partial charge in [-0.3, -0.25) is 9.69 Å². The summed E-state index contributed by atoms with van der Waals surface area (Å²) >= 11 is 0. The summed E-state index contributed by atoms with van der Waals surface area (Å²) in [5, 5.41) is 17.8. The van der Waals surface area contributed by atoms with E-state index in [2.05, 4.69) is 35.1 Å². The SMILES string of the molecule is CC[C@@H]1CN(Cc2cc([C@H](CC(=O)O)c3ccc4c(nnn4CC)c3F)ccc2C)Cc2ccccc2O1. The lowest BCUT2D eigenvalue weighted by Gasteiger charge is -2.25. The molecule has 38 heavy (non-hydrogen) atoms. The molecule has 4 aromatic rings. The number of aliphatic carboxylic acids is 1. The fourth-order valence-corrected chi connectivity index (χ4v) is 5.32. The van der Waals surface area contributed by atoms with E-state index in [9.17, 15) is 9.90 Å². The predicted molar refractivity (Wildman–Crippen MR) is 144 cm³/mol. The van der Waals surface area contributed by atoms with E-state index in [-0.39, 0.29) is 18.0 Å². The third kappa shape index (κ3) is 5.13. The summed E-state index contributed by atoms with van der Waals surface area (Å²) in [5.41, 5.74) is 5.20. The summed E-state index contributed by atoms with van der Waals surface area (Å²) in [5.74, 6) is -1.22. The van der Waals surface area contributed by atoms with E-state index >= 15 is 4.39 Å². The van der Waals surface area contributed by atoms with Crippen LogP contribution in [0.25, 0.3) is 11.0 Å². The van der Waals surface area contributed by atoms with E-state index in [4.69, 9.17) is 4.74 Å². The summed E-state index contributed by atoms with van der Waals surface area (Å²) in [7, 11) is 0. The van der Waals surface area contributed by atoms with Gasteiger partial charge in [-0.15, -0.1) is 5.10 Å². The standard InChI is InChI=1S/C30H33FN4O3/c1-4-23-18-34(16-21-8-6-7-9-27(21)38-23)17-22-14-20(11-10-19(22)3)25(15-28(36)37)24-12-13-26-30(29(24)31)32-33-35(26)5-2/h6-14,23,25H,4-5,15-18H2,1-3H3,(H,36,37)/t23-,25+/m1/s1. The van der Waals surface area contributed by atoms with E-state index in [0.29, 0.717) is 24.2 Å². The minimum absolute atomic E-state index is 0.0826. The number of hydrogen-bond acceptors (Lipinski definition) is 5. The molecule has 3 aromatic carbocycles. The molecular weight excluding hydrogens is 483 g/mol. The van der Waals surface area contributed by atoms with Crippen LogP contribution in [0.15, 0.2) is 54.6 Å². The van der Waals surface area contributed by atoms with Gasteiger partial charge in [-0.2, -0.15) is 0 Å². The third-order valence-electron chi connectivity index (χ3n) is 7.46. The summed E-state index contributed by atoms with van der Waals surface area (Å²) in [6, 6.07) is 17.5. The van der Waals surface area contributed by atoms with Gasteiger partial charge in [0.1, 0.15) is 17.4 Å². The Morgan fingerprint density at radius 3 is 2.76 bits per heavy atom. The van der Waals surface area contributed by atoms with E-state index in [0.717, 1.165) is 47.5 Å². The molecule has 8 heteroatoms. The molecule has 2 heterocycles. The van der Waals surface area contributed by atoms with Crippen molar-refractivity contribution in [3.63, 3.8) is 0 Å². The molecule has 1 N–H and O–H groups in total. The fraction of sp³-hybridized carbons (Fsp3) is 0.367. The number of nitrogens with zero attached hydrogens (tertiary/aromatic N) is 4. The number of carboxylic acid groups (broad SMARTS) is 1. The Morgan fingerprint density at radius 2 is 2.00 bits per heavy atom. The van der Waals surface area contributed by atoms with Crippen LogP contribution in [0.5, 0.6) is 5.75 Å². The van der Waals surface area contributed by atoms with Crippen molar-refractivity contribution in [1.29, 1.82) is 0 Å². The number of carbonyl (C=O) groups is 1. The Hall–Kier alpha value is -3.78. The number of benzene rings is 3. The Balaban J connectivity index is 1.50. The lowest BCUT2D eigenvalue weighted by Crippen LogP contribution is -2.32. The predicted octanol–water partition coefficient (Wildman–Crippen LogP) is 5.68. The first-order valence-electron chi connectivity index (χ1n) is 13.2. The van der Waals surface area contributed by atoms with Crippen LogP contribution in [-0.2, 0) is 24.4 Å². The molecule has 0 fully saturated rings. The van der Waals surface area contributed by atoms with Crippen molar-refractivity contribution in [2.45, 2.75) is 65.3 Å². The molecule has 198 valence electrons. The number of carboxylic acids is 1. The number of para-hydroxylation sites is 1. The van der Waals surface area contributed by atoms with Crippen molar-refractivity contribution < 1.29 is 19.0 Å². The second-order valence-electron chi connectivity index (χ2n) is 10.0. The molecule has 0 saturated heterocycles. The summed E-state index contributed by atoms with van der Waals surface area (Å²) < 4.78 is 23.6. The highest BCUT2D eigenvalue weighted by Crippen LogP contribution is 2.34. The van der Waals surface area contributed by atoms with Crippen molar-refractivity contribution in [3.05, 3.63) is 88.2 Å². The van der Waals surface area contributed by atoms with Crippen LogP contribution in [0.2, 0.25) is 0 Å². The highest BCUT2D eigenvalue weighted by atomic mass is 19.1. The molecule has 1 aromatic heterocycles. The minimum atomic E-state index is -0.985. The Morgan fingerprint density at radius 1 is 1.18 bits per heavy atom. The van der Waals surface area contributed by atoms with Crippen LogP contribution in [0.4, 0.5) is 4.39 Å². The number of aryl methyl sites for hydroxylation is 2. The van der Waals surface area contributed by atoms with Crippen LogP contribution >= 0.6 is 0 Å². The molecule has 7 nitrogen and oxygen atoms in total. The summed E-state index contributed by atoms with van der Waals surface area (Å²) in [4.78, 5) is 14.3. The molecule has 1 aliphatic rings. The van der Waals surface area contributed by atoms with Crippen LogP contribution in [0, 0.1) is 12.7 Å². The van der Waals surface area contributed by atoms with Crippen LogP contribution in [-0.4, -0.2) is 43.6 Å². The topological polar surface area (TPSA) is 80.5 Å². The van der Waals surface area contributed by atoms with Gasteiger partial charge in [0.2, 0.25) is 0 Å². The quantitative estimate of drug-likeness (QED) is 0.325. The number of rotatable bonds is 8. The highest BCUT2D eigenvalue weighted by Gasteiger charge is 2.26. The molecule has 5 rings (SSSR count). The number of hydrogen-bond donors (Lipinski definition) is 1. The van der Waals surface area contributed by atoms with Gasteiger partial charge in [0.25, 0.3) is 0 Å². The van der Waals surface area contributed by atoms with Gasteiger partial charge in [0.15, 0.2) is 5.82 Å². The van der Waals surface area contributed by atoms with Crippen LogP contribution in [0.1, 0.15) is 60.4 Å². The number of ether oxygens (including phenoxy) is 1. The van der Waals surface area contributed by atoms with Crippen molar-refractivity contribution in [2.24, 2.45) is 0 Å². The summed E-state index contributed by atoms with van der Waals surface area (Å²) in [6.45, 7) is 8.89. The van der Waals surface area contributed by atoms with Gasteiger partial charge in [-0.05, 0) is 54.7 Å². The smallest absolute Gasteiger partial charge is 0.304 e. The van der Waals surface area contributed by atoms with Gasteiger partial charge in [0, 0.05) is 37.7 Å². The van der Waals surface area contributed by atoms with E-state index in [1.165, 1.54) is 0 Å². The molecule has 0 radical (unpaired) electrons. The zero-order valence-corrected chi connectivity index (χ0v) is 22.0. The molecule has 0 saturated carbocycles. The maximum Gasteiger partial charge on any atom is 0.304 e. The normalized spacial score (nSPS) is 16.6. The maximum atomic E-state index is 15.7. The number of fused-ring (bicyclic) bond motifs is 2. The monoisotopic (exact) mass is 516 g/mol. The molecule has 0 unspecified atom stereocenters. The average Bonchev–Trinajstić information content (AvgIpc) is 3.24. The first kappa shape index (κ1) is 25.9. The zero-order chi connectivity index (χ0) is 26.8. The maximum absolute atomic E-state index is 15.7. The first-order valence-corrected chi connectivity index (χ1v) is 13.2. The second-order valence-corrected chi connectivity index (χ2v) is 10.0. The molecular formula is C30H33FN4O3. The Bertz CT molecular complexity index is 1470. The highest BCUT2D eigenvalue weighted by molar-refractivity contribution is 5.77. The summed E-state index contributed by atoms with van der Waals surface area (Å²) in [6.07, 6.45) is 0.754. The van der Waals surface area contributed by atoms with Crippen molar-refractivity contribution in [1.82, 2.24) is 19.9 Å². The molecule has 0 spiro atoms. The lowest BCUT2D eigenvalue weighted by atomic mass is 9.86. The van der Waals surface area contributed by atoms with Gasteiger partial charge < -0.3 is 9.84 Å². The van der Waals surface area contributed by atoms with Crippen LogP contribution < -0.4 is 4.74 Å².